The monoisotopic (exact) mass is 131 g/mol. The van der Waals surface area contributed by atoms with Gasteiger partial charge in [-0.25, -0.2) is 0 Å². The SMILES string of the molecule is [c]1[nH]ccc1-c1cc[nH]c1. The van der Waals surface area contributed by atoms with Crippen LogP contribution in [-0.2, 0) is 0 Å². The summed E-state index contributed by atoms with van der Waals surface area (Å²) in [5.74, 6) is 0. The van der Waals surface area contributed by atoms with Crippen LogP contribution in [0.15, 0.2) is 30.7 Å². The van der Waals surface area contributed by atoms with Crippen molar-refractivity contribution in [1.82, 2.24) is 9.97 Å². The van der Waals surface area contributed by atoms with Gasteiger partial charge < -0.3 is 9.97 Å². The molecule has 0 unspecified atom stereocenters. The smallest absolute Gasteiger partial charge is 0.0706 e. The molecule has 1 radical (unpaired) electrons. The third-order valence-electron chi connectivity index (χ3n) is 1.45. The lowest BCUT2D eigenvalue weighted by atomic mass is 10.2. The van der Waals surface area contributed by atoms with Gasteiger partial charge in [0.2, 0.25) is 0 Å². The molecule has 2 nitrogen and oxygen atoms in total. The minimum Gasteiger partial charge on any atom is -0.367 e. The highest BCUT2D eigenvalue weighted by molar-refractivity contribution is 5.60. The highest BCUT2D eigenvalue weighted by Gasteiger charge is 1.95. The van der Waals surface area contributed by atoms with Gasteiger partial charge in [0.05, 0.1) is 6.20 Å². The molecular formula is C8H7N2. The van der Waals surface area contributed by atoms with E-state index in [1.165, 1.54) is 5.56 Å². The van der Waals surface area contributed by atoms with Crippen molar-refractivity contribution >= 4 is 0 Å². The van der Waals surface area contributed by atoms with E-state index in [9.17, 15) is 0 Å². The molecule has 0 bridgehead atoms. The largest absolute Gasteiger partial charge is 0.367 e. The Bertz CT molecular complexity index is 247. The number of hydrogen-bond acceptors (Lipinski definition) is 0. The van der Waals surface area contributed by atoms with Crippen molar-refractivity contribution in [3.8, 4) is 11.1 Å². The summed E-state index contributed by atoms with van der Waals surface area (Å²) in [7, 11) is 0. The lowest BCUT2D eigenvalue weighted by molar-refractivity contribution is 1.39. The Morgan fingerprint density at radius 3 is 2.80 bits per heavy atom. The third kappa shape index (κ3) is 0.739. The van der Waals surface area contributed by atoms with Gasteiger partial charge in [0.15, 0.2) is 0 Å². The summed E-state index contributed by atoms with van der Waals surface area (Å²) < 4.78 is 0. The Hall–Kier alpha value is -1.44. The zero-order valence-corrected chi connectivity index (χ0v) is 5.39. The maximum atomic E-state index is 2.99. The Labute approximate surface area is 58.9 Å². The van der Waals surface area contributed by atoms with Crippen LogP contribution in [0.1, 0.15) is 0 Å². The van der Waals surface area contributed by atoms with Gasteiger partial charge in [-0.15, -0.1) is 0 Å². The second kappa shape index (κ2) is 2.06. The van der Waals surface area contributed by atoms with Gasteiger partial charge in [0, 0.05) is 29.7 Å². The van der Waals surface area contributed by atoms with Gasteiger partial charge in [-0.3, -0.25) is 0 Å². The molecule has 2 aromatic heterocycles. The number of rotatable bonds is 1. The van der Waals surface area contributed by atoms with Crippen LogP contribution in [-0.4, -0.2) is 9.97 Å². The molecule has 0 aliphatic heterocycles. The molecule has 2 rings (SSSR count). The van der Waals surface area contributed by atoms with Gasteiger partial charge in [0.1, 0.15) is 0 Å². The molecule has 0 saturated heterocycles. The van der Waals surface area contributed by atoms with Crippen LogP contribution >= 0.6 is 0 Å². The van der Waals surface area contributed by atoms with Crippen LogP contribution in [0.5, 0.6) is 0 Å². The Morgan fingerprint density at radius 1 is 1.20 bits per heavy atom. The molecule has 0 aromatic carbocycles. The number of nitrogens with one attached hydrogen (secondary N) is 2. The molecule has 2 N–H and O–H groups in total. The first-order valence-electron chi connectivity index (χ1n) is 3.15. The summed E-state index contributed by atoms with van der Waals surface area (Å²) in [5.41, 5.74) is 2.27. The Balaban J connectivity index is 2.48. The second-order valence-electron chi connectivity index (χ2n) is 2.12. The lowest BCUT2D eigenvalue weighted by Crippen LogP contribution is -1.64. The molecule has 0 spiro atoms. The standard InChI is InChI=1S/C8H7N2/c1-3-9-5-7(1)8-2-4-10-6-8/h1-5,9-10H. The van der Waals surface area contributed by atoms with Crippen LogP contribution in [0.2, 0.25) is 0 Å². The van der Waals surface area contributed by atoms with E-state index in [0.29, 0.717) is 0 Å². The highest BCUT2D eigenvalue weighted by Crippen LogP contribution is 2.15. The van der Waals surface area contributed by atoms with Crippen molar-refractivity contribution in [1.29, 1.82) is 0 Å². The molecule has 2 aromatic rings. The molecule has 0 amide bonds. The van der Waals surface area contributed by atoms with Crippen LogP contribution < -0.4 is 0 Å². The zero-order chi connectivity index (χ0) is 6.81. The van der Waals surface area contributed by atoms with Crippen molar-refractivity contribution < 1.29 is 0 Å². The van der Waals surface area contributed by atoms with E-state index in [2.05, 4.69) is 16.2 Å². The predicted octanol–water partition coefficient (Wildman–Crippen LogP) is 1.81. The first-order valence-corrected chi connectivity index (χ1v) is 3.15. The van der Waals surface area contributed by atoms with Gasteiger partial charge in [-0.2, -0.15) is 0 Å². The fraction of sp³-hybridized carbons (Fsp3) is 0. The maximum Gasteiger partial charge on any atom is 0.0706 e. The summed E-state index contributed by atoms with van der Waals surface area (Å²) in [4.78, 5) is 5.86. The predicted molar refractivity (Wildman–Crippen MR) is 39.4 cm³/mol. The average molecular weight is 131 g/mol. The molecule has 2 heteroatoms. The van der Waals surface area contributed by atoms with Crippen molar-refractivity contribution in [3.05, 3.63) is 36.9 Å². The van der Waals surface area contributed by atoms with Crippen LogP contribution in [0.25, 0.3) is 11.1 Å². The van der Waals surface area contributed by atoms with Gasteiger partial charge in [-0.05, 0) is 12.1 Å². The fourth-order valence-corrected chi connectivity index (χ4v) is 0.946. The average Bonchev–Trinajstić information content (AvgIpc) is 2.59. The van der Waals surface area contributed by atoms with Crippen molar-refractivity contribution in [2.45, 2.75) is 0 Å². The van der Waals surface area contributed by atoms with E-state index in [1.807, 2.05) is 30.7 Å². The van der Waals surface area contributed by atoms with Crippen molar-refractivity contribution in [2.24, 2.45) is 0 Å². The molecule has 2 heterocycles. The summed E-state index contributed by atoms with van der Waals surface area (Å²) >= 11 is 0. The highest BCUT2D eigenvalue weighted by atomic mass is 14.6. The molecule has 0 saturated carbocycles. The summed E-state index contributed by atoms with van der Waals surface area (Å²) in [6, 6.07) is 4.00. The van der Waals surface area contributed by atoms with Crippen LogP contribution in [0, 0.1) is 6.20 Å². The minimum atomic E-state index is 1.10. The summed E-state index contributed by atoms with van der Waals surface area (Å²) in [6.45, 7) is 0. The normalized spacial score (nSPS) is 10.0. The fourth-order valence-electron chi connectivity index (χ4n) is 0.946. The summed E-state index contributed by atoms with van der Waals surface area (Å²) in [5, 5.41) is 0. The number of aromatic amines is 2. The van der Waals surface area contributed by atoms with Gasteiger partial charge in [0.25, 0.3) is 0 Å². The van der Waals surface area contributed by atoms with Crippen LogP contribution in [0.4, 0.5) is 0 Å². The Morgan fingerprint density at radius 2 is 2.20 bits per heavy atom. The maximum absolute atomic E-state index is 2.99. The van der Waals surface area contributed by atoms with E-state index in [4.69, 9.17) is 0 Å². The minimum absolute atomic E-state index is 1.10. The molecule has 10 heavy (non-hydrogen) atoms. The van der Waals surface area contributed by atoms with Crippen molar-refractivity contribution in [3.63, 3.8) is 0 Å². The van der Waals surface area contributed by atoms with E-state index in [1.54, 1.807) is 0 Å². The number of hydrogen-bond donors (Lipinski definition) is 2. The van der Waals surface area contributed by atoms with E-state index in [0.717, 1.165) is 5.56 Å². The number of aromatic nitrogens is 2. The third-order valence-corrected chi connectivity index (χ3v) is 1.45. The number of H-pyrrole nitrogens is 2. The first kappa shape index (κ1) is 5.35. The van der Waals surface area contributed by atoms with Crippen LogP contribution in [0.3, 0.4) is 0 Å². The lowest BCUT2D eigenvalue weighted by Gasteiger charge is -1.84. The molecule has 0 aliphatic carbocycles. The quantitative estimate of drug-likeness (QED) is 0.591. The van der Waals surface area contributed by atoms with Gasteiger partial charge >= 0.3 is 0 Å². The molecule has 49 valence electrons. The van der Waals surface area contributed by atoms with Gasteiger partial charge in [-0.1, -0.05) is 0 Å². The molecule has 0 fully saturated rings. The van der Waals surface area contributed by atoms with E-state index in [-0.39, 0.29) is 0 Å². The topological polar surface area (TPSA) is 31.6 Å². The van der Waals surface area contributed by atoms with E-state index >= 15 is 0 Å². The Kier molecular flexibility index (Phi) is 1.10. The second-order valence-corrected chi connectivity index (χ2v) is 2.12. The molecule has 0 aliphatic rings. The summed E-state index contributed by atoms with van der Waals surface area (Å²) in [6.07, 6.45) is 8.70. The molecule has 0 atom stereocenters. The zero-order valence-electron chi connectivity index (χ0n) is 5.39. The molecular weight excluding hydrogens is 124 g/mol. The first-order chi connectivity index (χ1) is 4.97. The van der Waals surface area contributed by atoms with Crippen molar-refractivity contribution in [2.75, 3.05) is 0 Å². The van der Waals surface area contributed by atoms with E-state index < -0.39 is 0 Å².